The van der Waals surface area contributed by atoms with Crippen LogP contribution in [0.2, 0.25) is 5.02 Å². The first kappa shape index (κ1) is 13.5. The van der Waals surface area contributed by atoms with E-state index in [-0.39, 0.29) is 23.9 Å². The normalized spacial score (nSPS) is 23.3. The van der Waals surface area contributed by atoms with Crippen molar-refractivity contribution in [3.05, 3.63) is 34.6 Å². The van der Waals surface area contributed by atoms with Gasteiger partial charge in [0, 0.05) is 17.4 Å². The minimum absolute atomic E-state index is 0.119. The maximum atomic E-state index is 13.5. The second-order valence-corrected chi connectivity index (χ2v) is 5.60. The number of hydrogen-bond acceptors (Lipinski definition) is 1. The molecule has 1 aromatic carbocycles. The molecule has 0 saturated heterocycles. The van der Waals surface area contributed by atoms with Crippen molar-refractivity contribution >= 4 is 17.4 Å². The van der Waals surface area contributed by atoms with Gasteiger partial charge in [-0.05, 0) is 48.9 Å². The predicted octanol–water partition coefficient (Wildman–Crippen LogP) is 4.42. The van der Waals surface area contributed by atoms with Crippen LogP contribution in [0.3, 0.4) is 0 Å². The zero-order valence-corrected chi connectivity index (χ0v) is 11.3. The molecule has 1 nitrogen and oxygen atoms in total. The minimum atomic E-state index is -0.335. The highest BCUT2D eigenvalue weighted by Gasteiger charge is 2.28. The molecular weight excluding hydrogens is 251 g/mol. The summed E-state index contributed by atoms with van der Waals surface area (Å²) in [6.45, 7) is 2.16. The Morgan fingerprint density at radius 3 is 2.89 bits per heavy atom. The highest BCUT2D eigenvalue weighted by Crippen LogP contribution is 2.34. The molecule has 1 aliphatic rings. The Morgan fingerprint density at radius 2 is 2.22 bits per heavy atom. The van der Waals surface area contributed by atoms with E-state index in [1.54, 1.807) is 6.07 Å². The lowest BCUT2D eigenvalue weighted by Crippen LogP contribution is -2.15. The second kappa shape index (κ2) is 5.83. The third kappa shape index (κ3) is 3.11. The van der Waals surface area contributed by atoms with Gasteiger partial charge in [-0.15, -0.1) is 0 Å². The lowest BCUT2D eigenvalue weighted by atomic mass is 9.95. The highest BCUT2D eigenvalue weighted by molar-refractivity contribution is 6.30. The zero-order chi connectivity index (χ0) is 13.1. The number of Topliss-reactive ketones (excluding diaryl/α,β-unsaturated/α-hetero) is 1. The van der Waals surface area contributed by atoms with Gasteiger partial charge in [-0.1, -0.05) is 24.9 Å². The van der Waals surface area contributed by atoms with Crippen LogP contribution < -0.4 is 0 Å². The third-order valence-electron chi connectivity index (χ3n) is 3.95. The van der Waals surface area contributed by atoms with Gasteiger partial charge in [0.25, 0.3) is 0 Å². The van der Waals surface area contributed by atoms with Crippen LogP contribution in [0.25, 0.3) is 0 Å². The topological polar surface area (TPSA) is 17.1 Å². The van der Waals surface area contributed by atoms with Crippen molar-refractivity contribution in [2.45, 2.75) is 39.0 Å². The van der Waals surface area contributed by atoms with Crippen molar-refractivity contribution in [2.24, 2.45) is 11.8 Å². The Bertz CT molecular complexity index is 444. The lowest BCUT2D eigenvalue weighted by Gasteiger charge is -2.10. The Morgan fingerprint density at radius 1 is 1.44 bits per heavy atom. The van der Waals surface area contributed by atoms with Crippen LogP contribution in [0.15, 0.2) is 18.2 Å². The first-order valence-corrected chi connectivity index (χ1v) is 6.94. The molecule has 2 atom stereocenters. The number of benzene rings is 1. The van der Waals surface area contributed by atoms with Crippen LogP contribution in [0.4, 0.5) is 4.39 Å². The average Bonchev–Trinajstić information content (AvgIpc) is 2.82. The van der Waals surface area contributed by atoms with E-state index in [1.807, 2.05) is 0 Å². The molecule has 1 saturated carbocycles. The molecule has 0 amide bonds. The van der Waals surface area contributed by atoms with Crippen LogP contribution in [0.1, 0.15) is 38.2 Å². The van der Waals surface area contributed by atoms with Gasteiger partial charge >= 0.3 is 0 Å². The van der Waals surface area contributed by atoms with E-state index in [2.05, 4.69) is 6.92 Å². The standard InChI is InChI=1S/C15H18ClFO/c1-2-10-3-4-11(7-10)15(18)9-12-8-13(16)5-6-14(12)17/h5-6,8,10-11H,2-4,7,9H2,1H3. The van der Waals surface area contributed by atoms with Crippen molar-refractivity contribution in [3.63, 3.8) is 0 Å². The highest BCUT2D eigenvalue weighted by atomic mass is 35.5. The van der Waals surface area contributed by atoms with E-state index in [0.717, 1.165) is 25.7 Å². The quantitative estimate of drug-likeness (QED) is 0.790. The Balaban J connectivity index is 2.01. The number of halogens is 2. The third-order valence-corrected chi connectivity index (χ3v) is 4.18. The van der Waals surface area contributed by atoms with E-state index in [4.69, 9.17) is 11.6 Å². The summed E-state index contributed by atoms with van der Waals surface area (Å²) in [5, 5.41) is 0.483. The molecule has 0 aliphatic heterocycles. The summed E-state index contributed by atoms with van der Waals surface area (Å²) in [5.74, 6) is 0.612. The minimum Gasteiger partial charge on any atom is -0.299 e. The summed E-state index contributed by atoms with van der Waals surface area (Å²) in [6, 6.07) is 4.39. The molecule has 1 aliphatic carbocycles. The first-order chi connectivity index (χ1) is 8.60. The van der Waals surface area contributed by atoms with Gasteiger partial charge in [-0.3, -0.25) is 4.79 Å². The van der Waals surface area contributed by atoms with Gasteiger partial charge in [-0.2, -0.15) is 0 Å². The number of hydrogen-bond donors (Lipinski definition) is 0. The molecule has 3 heteroatoms. The van der Waals surface area contributed by atoms with Gasteiger partial charge in [0.15, 0.2) is 0 Å². The molecule has 98 valence electrons. The molecular formula is C15H18ClFO. The fraction of sp³-hybridized carbons (Fsp3) is 0.533. The smallest absolute Gasteiger partial charge is 0.140 e. The molecule has 18 heavy (non-hydrogen) atoms. The Labute approximate surface area is 112 Å². The number of rotatable bonds is 4. The van der Waals surface area contributed by atoms with Crippen molar-refractivity contribution in [3.8, 4) is 0 Å². The monoisotopic (exact) mass is 268 g/mol. The van der Waals surface area contributed by atoms with Crippen molar-refractivity contribution in [2.75, 3.05) is 0 Å². The van der Waals surface area contributed by atoms with E-state index < -0.39 is 0 Å². The molecule has 2 rings (SSSR count). The molecule has 1 fully saturated rings. The molecule has 2 unspecified atom stereocenters. The van der Waals surface area contributed by atoms with Gasteiger partial charge in [-0.25, -0.2) is 4.39 Å². The molecule has 0 bridgehead atoms. The molecule has 0 N–H and O–H groups in total. The average molecular weight is 269 g/mol. The van der Waals surface area contributed by atoms with E-state index >= 15 is 0 Å². The van der Waals surface area contributed by atoms with Crippen LogP contribution in [0.5, 0.6) is 0 Å². The number of carbonyl (C=O) groups excluding carboxylic acids is 1. The molecule has 0 radical (unpaired) electrons. The van der Waals surface area contributed by atoms with Crippen LogP contribution >= 0.6 is 11.6 Å². The summed E-state index contributed by atoms with van der Waals surface area (Å²) in [5.41, 5.74) is 0.424. The van der Waals surface area contributed by atoms with Crippen LogP contribution in [0, 0.1) is 17.7 Å². The fourth-order valence-electron chi connectivity index (χ4n) is 2.75. The van der Waals surface area contributed by atoms with Gasteiger partial charge in [0.2, 0.25) is 0 Å². The van der Waals surface area contributed by atoms with Gasteiger partial charge in [0.05, 0.1) is 0 Å². The maximum Gasteiger partial charge on any atom is 0.140 e. The summed E-state index contributed by atoms with van der Waals surface area (Å²) >= 11 is 5.83. The lowest BCUT2D eigenvalue weighted by molar-refractivity contribution is -0.122. The number of carbonyl (C=O) groups is 1. The van der Waals surface area contributed by atoms with E-state index in [0.29, 0.717) is 16.5 Å². The van der Waals surface area contributed by atoms with Gasteiger partial charge in [0.1, 0.15) is 11.6 Å². The van der Waals surface area contributed by atoms with Crippen molar-refractivity contribution < 1.29 is 9.18 Å². The molecule has 1 aromatic rings. The molecule has 0 heterocycles. The first-order valence-electron chi connectivity index (χ1n) is 6.56. The Hall–Kier alpha value is -0.890. The second-order valence-electron chi connectivity index (χ2n) is 5.16. The molecule has 0 spiro atoms. The maximum absolute atomic E-state index is 13.5. The van der Waals surface area contributed by atoms with Crippen LogP contribution in [-0.4, -0.2) is 5.78 Å². The van der Waals surface area contributed by atoms with Crippen molar-refractivity contribution in [1.29, 1.82) is 0 Å². The number of ketones is 1. The Kier molecular flexibility index (Phi) is 4.39. The SMILES string of the molecule is CCC1CCC(C(=O)Cc2cc(Cl)ccc2F)C1. The van der Waals surface area contributed by atoms with E-state index in [9.17, 15) is 9.18 Å². The summed E-state index contributed by atoms with van der Waals surface area (Å²) in [4.78, 5) is 12.1. The molecule has 0 aromatic heterocycles. The zero-order valence-electron chi connectivity index (χ0n) is 10.6. The van der Waals surface area contributed by atoms with Crippen LogP contribution in [-0.2, 0) is 11.2 Å². The fourth-order valence-corrected chi connectivity index (χ4v) is 2.94. The van der Waals surface area contributed by atoms with E-state index in [1.165, 1.54) is 12.1 Å². The summed E-state index contributed by atoms with van der Waals surface area (Å²) in [7, 11) is 0. The summed E-state index contributed by atoms with van der Waals surface area (Å²) < 4.78 is 13.5. The summed E-state index contributed by atoms with van der Waals surface area (Å²) in [6.07, 6.45) is 4.37. The largest absolute Gasteiger partial charge is 0.299 e. The van der Waals surface area contributed by atoms with Crippen molar-refractivity contribution in [1.82, 2.24) is 0 Å². The predicted molar refractivity (Wildman–Crippen MR) is 71.2 cm³/mol. The van der Waals surface area contributed by atoms with Gasteiger partial charge < -0.3 is 0 Å².